The van der Waals surface area contributed by atoms with Crippen LogP contribution in [0.3, 0.4) is 0 Å². The maximum absolute atomic E-state index is 5.14. The highest BCUT2D eigenvalue weighted by Gasteiger charge is 2.36. The maximum atomic E-state index is 5.14. The number of nitrogens with zero attached hydrogens (tertiary/aromatic N) is 2. The van der Waals surface area contributed by atoms with Crippen molar-refractivity contribution in [3.63, 3.8) is 0 Å². The van der Waals surface area contributed by atoms with E-state index >= 15 is 0 Å². The van der Waals surface area contributed by atoms with Gasteiger partial charge in [-0.15, -0.1) is 0 Å². The van der Waals surface area contributed by atoms with Crippen LogP contribution in [0, 0.1) is 0 Å². The summed E-state index contributed by atoms with van der Waals surface area (Å²) in [4.78, 5) is 9.43. The van der Waals surface area contributed by atoms with Gasteiger partial charge in [0.25, 0.3) is 0 Å². The number of pyridine rings is 2. The highest BCUT2D eigenvalue weighted by Crippen LogP contribution is 2.52. The van der Waals surface area contributed by atoms with Crippen molar-refractivity contribution in [3.05, 3.63) is 181 Å². The fourth-order valence-electron chi connectivity index (χ4n) is 7.53. The van der Waals surface area contributed by atoms with E-state index in [0.29, 0.717) is 0 Å². The van der Waals surface area contributed by atoms with E-state index in [1.165, 1.54) is 44.2 Å². The maximum Gasteiger partial charge on any atom is 0.0715 e. The molecular weight excluding hydrogens is 593 g/mol. The molecule has 49 heavy (non-hydrogen) atoms. The second kappa shape index (κ2) is 11.5. The Morgan fingerprint density at radius 3 is 1.71 bits per heavy atom. The van der Waals surface area contributed by atoms with Crippen LogP contribution in [-0.2, 0) is 5.41 Å². The molecule has 0 spiro atoms. The minimum Gasteiger partial charge on any atom is -0.264 e. The second-order valence-electron chi connectivity index (χ2n) is 13.5. The first-order valence-electron chi connectivity index (χ1n) is 16.9. The molecule has 0 fully saturated rings. The molecule has 0 amide bonds. The summed E-state index contributed by atoms with van der Waals surface area (Å²) in [5, 5.41) is 2.62. The van der Waals surface area contributed by atoms with Crippen molar-refractivity contribution in [1.82, 2.24) is 9.97 Å². The van der Waals surface area contributed by atoms with Crippen LogP contribution in [0.1, 0.15) is 25.0 Å². The van der Waals surface area contributed by atoms with Crippen LogP contribution in [0.4, 0.5) is 0 Å². The van der Waals surface area contributed by atoms with Gasteiger partial charge in [0.05, 0.1) is 11.4 Å². The number of aromatic nitrogens is 2. The molecule has 232 valence electrons. The molecule has 0 saturated carbocycles. The predicted molar refractivity (Wildman–Crippen MR) is 204 cm³/mol. The second-order valence-corrected chi connectivity index (χ2v) is 13.5. The lowest BCUT2D eigenvalue weighted by Crippen LogP contribution is -2.14. The van der Waals surface area contributed by atoms with Crippen LogP contribution in [0.2, 0.25) is 0 Å². The van der Waals surface area contributed by atoms with Crippen molar-refractivity contribution in [1.29, 1.82) is 0 Å². The average Bonchev–Trinajstić information content (AvgIpc) is 3.41. The van der Waals surface area contributed by atoms with Gasteiger partial charge in [0, 0.05) is 28.9 Å². The Bertz CT molecular complexity index is 2480. The third kappa shape index (κ3) is 5.05. The molecular formula is C47H34N2. The Morgan fingerprint density at radius 2 is 1.00 bits per heavy atom. The van der Waals surface area contributed by atoms with E-state index in [1.54, 1.807) is 6.20 Å². The quantitative estimate of drug-likeness (QED) is 0.190. The molecule has 1 aliphatic rings. The van der Waals surface area contributed by atoms with Crippen LogP contribution in [0.25, 0.3) is 77.8 Å². The first-order valence-corrected chi connectivity index (χ1v) is 16.9. The third-order valence-corrected chi connectivity index (χ3v) is 10.2. The number of hydrogen-bond acceptors (Lipinski definition) is 2. The third-order valence-electron chi connectivity index (χ3n) is 10.2. The van der Waals surface area contributed by atoms with Gasteiger partial charge in [0.15, 0.2) is 0 Å². The molecule has 0 unspecified atom stereocenters. The van der Waals surface area contributed by atoms with Crippen molar-refractivity contribution >= 4 is 10.8 Å². The fourth-order valence-corrected chi connectivity index (χ4v) is 7.53. The van der Waals surface area contributed by atoms with Gasteiger partial charge in [-0.05, 0) is 90.7 Å². The van der Waals surface area contributed by atoms with Gasteiger partial charge >= 0.3 is 0 Å². The summed E-state index contributed by atoms with van der Waals surface area (Å²) >= 11 is 0. The van der Waals surface area contributed by atoms with E-state index in [2.05, 4.69) is 164 Å². The van der Waals surface area contributed by atoms with Crippen LogP contribution in [0.5, 0.6) is 0 Å². The number of rotatable bonds is 5. The molecule has 0 bridgehead atoms. The van der Waals surface area contributed by atoms with Gasteiger partial charge in [-0.25, -0.2) is 4.98 Å². The Morgan fingerprint density at radius 1 is 0.429 bits per heavy atom. The highest BCUT2D eigenvalue weighted by atomic mass is 14.7. The minimum absolute atomic E-state index is 0.0360. The average molecular weight is 627 g/mol. The van der Waals surface area contributed by atoms with Gasteiger partial charge in [0.2, 0.25) is 0 Å². The summed E-state index contributed by atoms with van der Waals surface area (Å²) in [7, 11) is 0. The lowest BCUT2D eigenvalue weighted by Gasteiger charge is -2.21. The lowest BCUT2D eigenvalue weighted by molar-refractivity contribution is 0.661. The summed E-state index contributed by atoms with van der Waals surface area (Å²) in [5.41, 5.74) is 16.6. The molecule has 6 aromatic carbocycles. The standard InChI is InChI=1S/C47H34N2/c1-47(2)42-24-23-37(27-41(42)46-40-13-7-6-9-34(40)22-25-43(46)47)31-14-16-33(17-15-31)39-28-44(35-10-4-3-5-11-35)49-45(29-39)36-20-18-32(19-21-36)38-12-8-26-48-30-38/h3-30H,1-2H3. The molecule has 0 atom stereocenters. The molecule has 0 aliphatic heterocycles. The van der Waals surface area contributed by atoms with Crippen molar-refractivity contribution < 1.29 is 0 Å². The molecule has 2 aromatic heterocycles. The van der Waals surface area contributed by atoms with Gasteiger partial charge in [-0.1, -0.05) is 147 Å². The number of benzene rings is 6. The highest BCUT2D eigenvalue weighted by molar-refractivity contribution is 6.03. The largest absolute Gasteiger partial charge is 0.264 e. The van der Waals surface area contributed by atoms with E-state index in [1.807, 2.05) is 18.3 Å². The summed E-state index contributed by atoms with van der Waals surface area (Å²) < 4.78 is 0. The van der Waals surface area contributed by atoms with E-state index < -0.39 is 0 Å². The molecule has 0 N–H and O–H groups in total. The zero-order chi connectivity index (χ0) is 33.0. The smallest absolute Gasteiger partial charge is 0.0715 e. The monoisotopic (exact) mass is 626 g/mol. The fraction of sp³-hybridized carbons (Fsp3) is 0.0638. The zero-order valence-electron chi connectivity index (χ0n) is 27.6. The zero-order valence-corrected chi connectivity index (χ0v) is 27.6. The molecule has 9 rings (SSSR count). The molecule has 1 aliphatic carbocycles. The van der Waals surface area contributed by atoms with E-state index in [9.17, 15) is 0 Å². The Balaban J connectivity index is 1.10. The normalized spacial score (nSPS) is 12.9. The topological polar surface area (TPSA) is 25.8 Å². The van der Waals surface area contributed by atoms with Crippen LogP contribution >= 0.6 is 0 Å². The molecule has 0 saturated heterocycles. The van der Waals surface area contributed by atoms with E-state index in [0.717, 1.165) is 44.8 Å². The van der Waals surface area contributed by atoms with Crippen LogP contribution in [0.15, 0.2) is 170 Å². The molecule has 2 heterocycles. The van der Waals surface area contributed by atoms with Crippen LogP contribution in [-0.4, -0.2) is 9.97 Å². The SMILES string of the molecule is CC1(C)c2ccc(-c3ccc(-c4cc(-c5ccccc5)nc(-c5ccc(-c6cccnc6)cc5)c4)cc3)cc2-c2c1ccc1ccccc21. The summed E-state index contributed by atoms with van der Waals surface area (Å²) in [6.07, 6.45) is 3.70. The van der Waals surface area contributed by atoms with Crippen molar-refractivity contribution in [2.75, 3.05) is 0 Å². The van der Waals surface area contributed by atoms with Gasteiger partial charge in [-0.3, -0.25) is 4.98 Å². The molecule has 2 heteroatoms. The summed E-state index contributed by atoms with van der Waals surface area (Å²) in [6.45, 7) is 4.70. The molecule has 0 radical (unpaired) electrons. The number of fused-ring (bicyclic) bond motifs is 5. The summed E-state index contributed by atoms with van der Waals surface area (Å²) in [5.74, 6) is 0. The first kappa shape index (κ1) is 29.1. The lowest BCUT2D eigenvalue weighted by atomic mass is 9.82. The number of hydrogen-bond donors (Lipinski definition) is 0. The molecule has 2 nitrogen and oxygen atoms in total. The van der Waals surface area contributed by atoms with E-state index in [-0.39, 0.29) is 5.41 Å². The van der Waals surface area contributed by atoms with Gasteiger partial charge in [-0.2, -0.15) is 0 Å². The van der Waals surface area contributed by atoms with Crippen molar-refractivity contribution in [2.45, 2.75) is 19.3 Å². The Hall–Kier alpha value is -6.12. The van der Waals surface area contributed by atoms with Gasteiger partial charge < -0.3 is 0 Å². The predicted octanol–water partition coefficient (Wildman–Crippen LogP) is 12.3. The Kier molecular flexibility index (Phi) is 6.84. The van der Waals surface area contributed by atoms with Crippen molar-refractivity contribution in [2.24, 2.45) is 0 Å². The van der Waals surface area contributed by atoms with Crippen LogP contribution < -0.4 is 0 Å². The minimum atomic E-state index is -0.0360. The first-order chi connectivity index (χ1) is 24.0. The Labute approximate surface area is 287 Å². The molecule has 8 aromatic rings. The van der Waals surface area contributed by atoms with Gasteiger partial charge in [0.1, 0.15) is 0 Å². The van der Waals surface area contributed by atoms with Crippen molar-refractivity contribution in [3.8, 4) is 67.0 Å². The summed E-state index contributed by atoms with van der Waals surface area (Å²) in [6, 6.07) is 56.9. The van der Waals surface area contributed by atoms with E-state index in [4.69, 9.17) is 4.98 Å².